The van der Waals surface area contributed by atoms with Crippen LogP contribution in [0.1, 0.15) is 26.2 Å². The summed E-state index contributed by atoms with van der Waals surface area (Å²) in [7, 11) is 0. The predicted molar refractivity (Wildman–Crippen MR) is 89.7 cm³/mol. The SMILES string of the molecule is CCCNC(=O)Nc1ccc(NC(=O)NCC2CCCO2)cc1. The zero-order valence-electron chi connectivity index (χ0n) is 13.4. The molecule has 0 aliphatic carbocycles. The van der Waals surface area contributed by atoms with Crippen molar-refractivity contribution in [1.29, 1.82) is 0 Å². The molecule has 0 saturated carbocycles. The molecule has 0 bridgehead atoms. The van der Waals surface area contributed by atoms with Crippen LogP contribution in [-0.4, -0.2) is 37.9 Å². The molecule has 1 aliphatic heterocycles. The summed E-state index contributed by atoms with van der Waals surface area (Å²) >= 11 is 0. The molecular weight excluding hydrogens is 296 g/mol. The first-order valence-corrected chi connectivity index (χ1v) is 7.98. The molecule has 1 heterocycles. The second-order valence-electron chi connectivity index (χ2n) is 5.43. The van der Waals surface area contributed by atoms with Gasteiger partial charge in [-0.3, -0.25) is 0 Å². The summed E-state index contributed by atoms with van der Waals surface area (Å²) in [5, 5.41) is 11.0. The first-order valence-electron chi connectivity index (χ1n) is 7.98. The van der Waals surface area contributed by atoms with Crippen LogP contribution in [0.15, 0.2) is 24.3 Å². The van der Waals surface area contributed by atoms with Crippen LogP contribution < -0.4 is 21.3 Å². The zero-order chi connectivity index (χ0) is 16.5. The Kier molecular flexibility index (Phi) is 6.68. The first-order chi connectivity index (χ1) is 11.2. The monoisotopic (exact) mass is 320 g/mol. The van der Waals surface area contributed by atoms with E-state index in [1.165, 1.54) is 0 Å². The number of urea groups is 2. The van der Waals surface area contributed by atoms with Gasteiger partial charge in [0.2, 0.25) is 0 Å². The quantitative estimate of drug-likeness (QED) is 0.649. The Bertz CT molecular complexity index is 513. The highest BCUT2D eigenvalue weighted by molar-refractivity contribution is 5.91. The lowest BCUT2D eigenvalue weighted by molar-refractivity contribution is 0.112. The molecule has 1 atom stereocenters. The maximum atomic E-state index is 11.8. The van der Waals surface area contributed by atoms with E-state index < -0.39 is 0 Å². The summed E-state index contributed by atoms with van der Waals surface area (Å²) in [5.74, 6) is 0. The Morgan fingerprint density at radius 1 is 1.09 bits per heavy atom. The van der Waals surface area contributed by atoms with Crippen LogP contribution in [0.2, 0.25) is 0 Å². The smallest absolute Gasteiger partial charge is 0.319 e. The maximum absolute atomic E-state index is 11.8. The summed E-state index contributed by atoms with van der Waals surface area (Å²) < 4.78 is 5.45. The molecule has 1 saturated heterocycles. The maximum Gasteiger partial charge on any atom is 0.319 e. The van der Waals surface area contributed by atoms with Gasteiger partial charge in [-0.2, -0.15) is 0 Å². The van der Waals surface area contributed by atoms with E-state index in [4.69, 9.17) is 4.74 Å². The number of nitrogens with one attached hydrogen (secondary N) is 4. The molecule has 4 amide bonds. The zero-order valence-corrected chi connectivity index (χ0v) is 13.4. The molecule has 7 nitrogen and oxygen atoms in total. The Hall–Kier alpha value is -2.28. The van der Waals surface area contributed by atoms with Crippen molar-refractivity contribution in [2.24, 2.45) is 0 Å². The van der Waals surface area contributed by atoms with Gasteiger partial charge in [-0.05, 0) is 43.5 Å². The van der Waals surface area contributed by atoms with Gasteiger partial charge in [-0.15, -0.1) is 0 Å². The fourth-order valence-corrected chi connectivity index (χ4v) is 2.24. The molecule has 7 heteroatoms. The Morgan fingerprint density at radius 2 is 1.70 bits per heavy atom. The predicted octanol–water partition coefficient (Wildman–Crippen LogP) is 2.52. The molecule has 1 fully saturated rings. The average Bonchev–Trinajstić information content (AvgIpc) is 3.06. The van der Waals surface area contributed by atoms with Crippen LogP contribution in [0, 0.1) is 0 Å². The molecule has 0 radical (unpaired) electrons. The van der Waals surface area contributed by atoms with Gasteiger partial charge in [0.05, 0.1) is 6.10 Å². The normalized spacial score (nSPS) is 16.7. The lowest BCUT2D eigenvalue weighted by atomic mass is 10.2. The summed E-state index contributed by atoms with van der Waals surface area (Å²) in [5.41, 5.74) is 1.33. The van der Waals surface area contributed by atoms with Crippen molar-refractivity contribution in [2.45, 2.75) is 32.3 Å². The van der Waals surface area contributed by atoms with E-state index in [0.29, 0.717) is 24.5 Å². The topological polar surface area (TPSA) is 91.5 Å². The number of rotatable bonds is 6. The van der Waals surface area contributed by atoms with Crippen molar-refractivity contribution in [3.05, 3.63) is 24.3 Å². The fourth-order valence-electron chi connectivity index (χ4n) is 2.24. The number of amides is 4. The Balaban J connectivity index is 1.73. The first kappa shape index (κ1) is 17.1. The van der Waals surface area contributed by atoms with Crippen LogP contribution in [0.3, 0.4) is 0 Å². The highest BCUT2D eigenvalue weighted by atomic mass is 16.5. The second kappa shape index (κ2) is 8.99. The van der Waals surface area contributed by atoms with E-state index >= 15 is 0 Å². The number of carbonyl (C=O) groups excluding carboxylic acids is 2. The standard InChI is InChI=1S/C16H24N4O3/c1-2-9-17-15(21)19-12-5-7-13(8-6-12)20-16(22)18-11-14-4-3-10-23-14/h5-8,14H,2-4,9-11H2,1H3,(H2,17,19,21)(H2,18,20,22). The van der Waals surface area contributed by atoms with Crippen molar-refractivity contribution in [3.8, 4) is 0 Å². The highest BCUT2D eigenvalue weighted by Crippen LogP contribution is 2.14. The minimum atomic E-state index is -0.262. The van der Waals surface area contributed by atoms with Gasteiger partial charge in [-0.25, -0.2) is 9.59 Å². The average molecular weight is 320 g/mol. The van der Waals surface area contributed by atoms with Gasteiger partial charge in [0, 0.05) is 31.1 Å². The van der Waals surface area contributed by atoms with Crippen LogP contribution in [0.5, 0.6) is 0 Å². The molecule has 2 rings (SSSR count). The molecule has 0 spiro atoms. The van der Waals surface area contributed by atoms with Crippen molar-refractivity contribution >= 4 is 23.4 Å². The lowest BCUT2D eigenvalue weighted by Gasteiger charge is -2.12. The van der Waals surface area contributed by atoms with Gasteiger partial charge in [-0.1, -0.05) is 6.92 Å². The number of hydrogen-bond acceptors (Lipinski definition) is 3. The molecule has 1 aliphatic rings. The van der Waals surface area contributed by atoms with Gasteiger partial charge in [0.25, 0.3) is 0 Å². The summed E-state index contributed by atoms with van der Waals surface area (Å²) in [6.07, 6.45) is 3.04. The minimum absolute atomic E-state index is 0.119. The number of carbonyl (C=O) groups is 2. The molecular formula is C16H24N4O3. The molecule has 4 N–H and O–H groups in total. The largest absolute Gasteiger partial charge is 0.376 e. The van der Waals surface area contributed by atoms with Crippen molar-refractivity contribution < 1.29 is 14.3 Å². The van der Waals surface area contributed by atoms with E-state index in [-0.39, 0.29) is 18.2 Å². The third kappa shape index (κ3) is 6.15. The number of benzene rings is 1. The van der Waals surface area contributed by atoms with E-state index in [9.17, 15) is 9.59 Å². The van der Waals surface area contributed by atoms with E-state index in [1.54, 1.807) is 24.3 Å². The molecule has 126 valence electrons. The molecule has 1 unspecified atom stereocenters. The second-order valence-corrected chi connectivity index (χ2v) is 5.43. The molecule has 0 aromatic heterocycles. The summed E-state index contributed by atoms with van der Waals surface area (Å²) in [6.45, 7) is 3.91. The highest BCUT2D eigenvalue weighted by Gasteiger charge is 2.16. The third-order valence-corrected chi connectivity index (χ3v) is 3.45. The van der Waals surface area contributed by atoms with Gasteiger partial charge < -0.3 is 26.0 Å². The van der Waals surface area contributed by atoms with E-state index in [1.807, 2.05) is 6.92 Å². The van der Waals surface area contributed by atoms with E-state index in [2.05, 4.69) is 21.3 Å². The lowest BCUT2D eigenvalue weighted by Crippen LogP contribution is -2.35. The van der Waals surface area contributed by atoms with Crippen LogP contribution in [-0.2, 0) is 4.74 Å². The van der Waals surface area contributed by atoms with Crippen LogP contribution in [0.4, 0.5) is 21.0 Å². The van der Waals surface area contributed by atoms with Crippen molar-refractivity contribution in [3.63, 3.8) is 0 Å². The van der Waals surface area contributed by atoms with Gasteiger partial charge >= 0.3 is 12.1 Å². The summed E-state index contributed by atoms with van der Waals surface area (Å²) in [4.78, 5) is 23.3. The van der Waals surface area contributed by atoms with Crippen molar-refractivity contribution in [2.75, 3.05) is 30.3 Å². The summed E-state index contributed by atoms with van der Waals surface area (Å²) in [6, 6.07) is 6.45. The van der Waals surface area contributed by atoms with Gasteiger partial charge in [0.1, 0.15) is 0 Å². The van der Waals surface area contributed by atoms with Gasteiger partial charge in [0.15, 0.2) is 0 Å². The Morgan fingerprint density at radius 3 is 2.22 bits per heavy atom. The molecule has 1 aromatic carbocycles. The number of hydrogen-bond donors (Lipinski definition) is 4. The van der Waals surface area contributed by atoms with Crippen LogP contribution >= 0.6 is 0 Å². The number of ether oxygens (including phenoxy) is 1. The minimum Gasteiger partial charge on any atom is -0.376 e. The Labute approximate surface area is 136 Å². The van der Waals surface area contributed by atoms with E-state index in [0.717, 1.165) is 25.9 Å². The van der Waals surface area contributed by atoms with Crippen LogP contribution in [0.25, 0.3) is 0 Å². The third-order valence-electron chi connectivity index (χ3n) is 3.45. The fraction of sp³-hybridized carbons (Fsp3) is 0.500. The van der Waals surface area contributed by atoms with Crippen molar-refractivity contribution in [1.82, 2.24) is 10.6 Å². The molecule has 23 heavy (non-hydrogen) atoms. The number of anilines is 2. The molecule has 1 aromatic rings.